The molecule has 1 aromatic carbocycles. The number of hydrogen-bond donors (Lipinski definition) is 1. The van der Waals surface area contributed by atoms with Gasteiger partial charge in [-0.3, -0.25) is 4.99 Å². The third-order valence-electron chi connectivity index (χ3n) is 3.56. The zero-order chi connectivity index (χ0) is 15.2. The Hall–Kier alpha value is -0.780. The van der Waals surface area contributed by atoms with Gasteiger partial charge in [-0.1, -0.05) is 28.1 Å². The van der Waals surface area contributed by atoms with E-state index >= 15 is 0 Å². The Bertz CT molecular complexity index is 713. The summed E-state index contributed by atoms with van der Waals surface area (Å²) >= 11 is 5.35. The number of thiophene rings is 1. The molecule has 1 aliphatic rings. The highest BCUT2D eigenvalue weighted by Gasteiger charge is 2.25. The summed E-state index contributed by atoms with van der Waals surface area (Å²) in [5.41, 5.74) is 8.80. The molecule has 1 unspecified atom stereocenters. The molecule has 2 heterocycles. The van der Waals surface area contributed by atoms with Crippen molar-refractivity contribution in [2.45, 2.75) is 16.7 Å². The van der Waals surface area contributed by atoms with Crippen molar-refractivity contribution in [2.24, 2.45) is 10.7 Å². The molecule has 2 nitrogen and oxygen atoms in total. The van der Waals surface area contributed by atoms with Crippen LogP contribution >= 0.6 is 37.3 Å². The molecule has 112 valence electrons. The van der Waals surface area contributed by atoms with Gasteiger partial charge in [0.25, 0.3) is 0 Å². The van der Waals surface area contributed by atoms with Crippen LogP contribution in [0.2, 0.25) is 0 Å². The second kappa shape index (κ2) is 5.45. The third-order valence-corrected chi connectivity index (χ3v) is 8.13. The third kappa shape index (κ3) is 3.05. The molecule has 0 saturated heterocycles. The second-order valence-electron chi connectivity index (χ2n) is 6.05. The van der Waals surface area contributed by atoms with E-state index in [0.717, 1.165) is 10.9 Å². The molecule has 2 N–H and O–H groups in total. The van der Waals surface area contributed by atoms with Crippen molar-refractivity contribution in [3.8, 4) is 0 Å². The number of hydrogen-bond acceptors (Lipinski definition) is 3. The summed E-state index contributed by atoms with van der Waals surface area (Å²) in [5.74, 6) is 0.695. The maximum absolute atomic E-state index is 6.23. The van der Waals surface area contributed by atoms with Crippen molar-refractivity contribution in [3.63, 3.8) is 0 Å². The molecule has 0 fully saturated rings. The van der Waals surface area contributed by atoms with Crippen LogP contribution in [-0.2, 0) is 6.42 Å². The van der Waals surface area contributed by atoms with Gasteiger partial charge in [-0.15, -0.1) is 11.3 Å². The minimum absolute atomic E-state index is 0.132. The molecule has 0 bridgehead atoms. The Balaban J connectivity index is 1.98. The molecule has 5 heteroatoms. The van der Waals surface area contributed by atoms with Crippen LogP contribution in [-0.4, -0.2) is 24.6 Å². The molecule has 0 spiro atoms. The van der Waals surface area contributed by atoms with E-state index in [1.807, 2.05) is 17.4 Å². The fraction of sp³-hybridized carbons (Fsp3) is 0.312. The number of nitrogens with two attached hydrogens (primary N) is 1. The fourth-order valence-corrected chi connectivity index (χ4v) is 5.46. The predicted molar refractivity (Wildman–Crippen MR) is 99.3 cm³/mol. The van der Waals surface area contributed by atoms with E-state index in [-0.39, 0.29) is 6.04 Å². The van der Waals surface area contributed by atoms with Crippen molar-refractivity contribution in [1.82, 2.24) is 0 Å². The summed E-state index contributed by atoms with van der Waals surface area (Å²) in [6.45, 7) is 0. The summed E-state index contributed by atoms with van der Waals surface area (Å²) < 4.78 is 2.55. The molecule has 1 atom stereocenters. The number of amidine groups is 1. The highest BCUT2D eigenvalue weighted by atomic mass is 79.9. The smallest absolute Gasteiger partial charge is 0.136 e. The number of nitrogens with zero attached hydrogens (tertiary/aromatic N) is 1. The van der Waals surface area contributed by atoms with Gasteiger partial charge in [0.1, 0.15) is 5.84 Å². The van der Waals surface area contributed by atoms with Crippen LogP contribution in [0.15, 0.2) is 44.0 Å². The van der Waals surface area contributed by atoms with Crippen molar-refractivity contribution >= 4 is 43.1 Å². The van der Waals surface area contributed by atoms with E-state index < -0.39 is 10.0 Å². The Kier molecular flexibility index (Phi) is 3.93. The van der Waals surface area contributed by atoms with Crippen molar-refractivity contribution in [3.05, 3.63) is 50.8 Å². The summed E-state index contributed by atoms with van der Waals surface area (Å²) in [4.78, 5) is 5.90. The average molecular weight is 383 g/mol. The lowest BCUT2D eigenvalue weighted by molar-refractivity contribution is 0.712. The maximum Gasteiger partial charge on any atom is 0.136 e. The fourth-order valence-electron chi connectivity index (χ4n) is 2.46. The van der Waals surface area contributed by atoms with E-state index in [9.17, 15) is 0 Å². The highest BCUT2D eigenvalue weighted by molar-refractivity contribution is 9.10. The number of benzene rings is 1. The quantitative estimate of drug-likeness (QED) is 0.811. The average Bonchev–Trinajstić information content (AvgIpc) is 2.83. The minimum Gasteiger partial charge on any atom is -0.383 e. The van der Waals surface area contributed by atoms with E-state index in [2.05, 4.69) is 59.0 Å². The molecular weight excluding hydrogens is 364 g/mol. The topological polar surface area (TPSA) is 38.4 Å². The van der Waals surface area contributed by atoms with Crippen LogP contribution in [0.25, 0.3) is 0 Å². The van der Waals surface area contributed by atoms with Crippen LogP contribution in [0, 0.1) is 0 Å². The predicted octanol–water partition coefficient (Wildman–Crippen LogP) is 4.57. The zero-order valence-electron chi connectivity index (χ0n) is 12.4. The molecule has 2 aromatic rings. The largest absolute Gasteiger partial charge is 0.383 e. The van der Waals surface area contributed by atoms with Gasteiger partial charge in [-0.05, 0) is 48.1 Å². The summed E-state index contributed by atoms with van der Waals surface area (Å²) in [7, 11) is -0.709. The molecule has 3 rings (SSSR count). The molecule has 0 radical (unpaired) electrons. The first-order valence-corrected chi connectivity index (χ1v) is 11.2. The van der Waals surface area contributed by atoms with E-state index in [1.165, 1.54) is 20.2 Å². The summed E-state index contributed by atoms with van der Waals surface area (Å²) in [6, 6.07) is 10.8. The molecule has 0 saturated carbocycles. The summed E-state index contributed by atoms with van der Waals surface area (Å²) in [5, 5.41) is 0. The summed E-state index contributed by atoms with van der Waals surface area (Å²) in [6.07, 6.45) is 7.91. The van der Waals surface area contributed by atoms with E-state index in [4.69, 9.17) is 10.7 Å². The molecule has 21 heavy (non-hydrogen) atoms. The van der Waals surface area contributed by atoms with Gasteiger partial charge in [-0.2, -0.15) is 0 Å². The van der Waals surface area contributed by atoms with Gasteiger partial charge in [0, 0.05) is 15.1 Å². The van der Waals surface area contributed by atoms with E-state index in [0.29, 0.717) is 5.84 Å². The van der Waals surface area contributed by atoms with Crippen LogP contribution in [0.1, 0.15) is 22.0 Å². The van der Waals surface area contributed by atoms with Gasteiger partial charge >= 0.3 is 0 Å². The Morgan fingerprint density at radius 2 is 2.05 bits per heavy atom. The van der Waals surface area contributed by atoms with Gasteiger partial charge in [-0.25, -0.2) is 10.0 Å². The van der Waals surface area contributed by atoms with Crippen LogP contribution in [0.5, 0.6) is 0 Å². The molecular formula is C16H19BrN2S2. The minimum atomic E-state index is -0.709. The van der Waals surface area contributed by atoms with Crippen LogP contribution in [0.3, 0.4) is 0 Å². The monoisotopic (exact) mass is 382 g/mol. The Labute approximate surface area is 139 Å². The molecule has 1 aromatic heterocycles. The number of aliphatic imine (C=N–C) groups is 1. The lowest BCUT2D eigenvalue weighted by atomic mass is 9.97. The van der Waals surface area contributed by atoms with Crippen LogP contribution in [0.4, 0.5) is 0 Å². The number of halogens is 1. The Morgan fingerprint density at radius 3 is 2.71 bits per heavy atom. The normalized spacial score (nSPS) is 19.0. The first-order valence-electron chi connectivity index (χ1n) is 6.75. The van der Waals surface area contributed by atoms with Crippen molar-refractivity contribution in [2.75, 3.05) is 18.8 Å². The van der Waals surface area contributed by atoms with Gasteiger partial charge in [0.05, 0.1) is 10.9 Å². The van der Waals surface area contributed by atoms with Gasteiger partial charge in [0.2, 0.25) is 0 Å². The van der Waals surface area contributed by atoms with Gasteiger partial charge < -0.3 is 5.73 Å². The second-order valence-corrected chi connectivity index (χ2v) is 12.4. The number of rotatable bonds is 2. The zero-order valence-corrected chi connectivity index (χ0v) is 15.6. The Morgan fingerprint density at radius 1 is 1.29 bits per heavy atom. The van der Waals surface area contributed by atoms with Crippen molar-refractivity contribution < 1.29 is 0 Å². The van der Waals surface area contributed by atoms with E-state index in [1.54, 1.807) is 0 Å². The SMILES string of the molecule is CS(C)(C)c1cc2c(s1)C(N)=NC(c1cccc(Br)c1)C2. The first kappa shape index (κ1) is 15.1. The van der Waals surface area contributed by atoms with Crippen LogP contribution < -0.4 is 5.73 Å². The maximum atomic E-state index is 6.23. The highest BCUT2D eigenvalue weighted by Crippen LogP contribution is 2.51. The standard InChI is InChI=1S/C16H19BrN2S2/c1-21(2,3)14-9-11-8-13(19-16(18)15(11)20-14)10-5-4-6-12(17)7-10/h4-7,9,13H,8H2,1-3H3,(H2,18,19). The first-order chi connectivity index (χ1) is 9.84. The van der Waals surface area contributed by atoms with Crippen molar-refractivity contribution in [1.29, 1.82) is 0 Å². The molecule has 1 aliphatic heterocycles. The molecule has 0 amide bonds. The lowest BCUT2D eigenvalue weighted by Crippen LogP contribution is -2.20. The van der Waals surface area contributed by atoms with Gasteiger partial charge in [0.15, 0.2) is 0 Å². The number of fused-ring (bicyclic) bond motifs is 1. The lowest BCUT2D eigenvalue weighted by Gasteiger charge is -2.22. The molecule has 0 aliphatic carbocycles.